The van der Waals surface area contributed by atoms with Gasteiger partial charge in [0.1, 0.15) is 6.23 Å². The maximum Gasteiger partial charge on any atom is 0.319 e. The Morgan fingerprint density at radius 1 is 1.19 bits per heavy atom. The van der Waals surface area contributed by atoms with E-state index >= 15 is 0 Å². The number of carbonyl (C=O) groups excluding carboxylic acids is 1. The first-order chi connectivity index (χ1) is 12.5. The molecule has 26 heavy (non-hydrogen) atoms. The first-order valence-corrected chi connectivity index (χ1v) is 10.1. The van der Waals surface area contributed by atoms with E-state index in [-0.39, 0.29) is 6.03 Å². The van der Waals surface area contributed by atoms with Crippen LogP contribution in [0.25, 0.3) is 0 Å². The second-order valence-corrected chi connectivity index (χ2v) is 7.00. The van der Waals surface area contributed by atoms with Gasteiger partial charge in [-0.25, -0.2) is 4.79 Å². The molecule has 0 spiro atoms. The zero-order valence-corrected chi connectivity index (χ0v) is 18.0. The molecule has 0 aliphatic heterocycles. The minimum atomic E-state index is -0.397. The van der Waals surface area contributed by atoms with Crippen molar-refractivity contribution in [2.45, 2.75) is 46.3 Å². The molecule has 1 atom stereocenters. The van der Waals surface area contributed by atoms with E-state index in [1.54, 1.807) is 12.0 Å². The highest BCUT2D eigenvalue weighted by Crippen LogP contribution is 2.11. The summed E-state index contributed by atoms with van der Waals surface area (Å²) in [5.74, 6) is 0.691. The molecule has 0 aliphatic carbocycles. The Balaban J connectivity index is 4.76. The fourth-order valence-corrected chi connectivity index (χ4v) is 2.54. The van der Waals surface area contributed by atoms with E-state index in [0.717, 1.165) is 12.8 Å². The SMILES string of the molecule is COCCC(OC/C=C(\C)CCC=C(C)C)N(CCCl)C(=O)NCCCl. The van der Waals surface area contributed by atoms with Crippen LogP contribution in [-0.2, 0) is 9.47 Å². The number of rotatable bonds is 14. The van der Waals surface area contributed by atoms with Crippen LogP contribution < -0.4 is 5.32 Å². The second-order valence-electron chi connectivity index (χ2n) is 6.24. The van der Waals surface area contributed by atoms with Gasteiger partial charge < -0.3 is 14.8 Å². The number of allylic oxidation sites excluding steroid dienone is 3. The topological polar surface area (TPSA) is 50.8 Å². The third-order valence-corrected chi connectivity index (χ3v) is 4.04. The molecule has 0 aromatic carbocycles. The number of ether oxygens (including phenoxy) is 2. The van der Waals surface area contributed by atoms with Crippen LogP contribution in [0.3, 0.4) is 0 Å². The lowest BCUT2D eigenvalue weighted by Gasteiger charge is -2.31. The minimum absolute atomic E-state index is 0.225. The molecular weight excluding hydrogens is 375 g/mol. The standard InChI is InChI=1S/C19H34Cl2N2O3/c1-16(2)6-5-7-17(3)8-15-26-18(9-14-25-4)23(13-11-21)19(24)22-12-10-20/h6,8,18H,5,7,9-15H2,1-4H3,(H,22,24)/b17-8+. The number of hydrogen-bond donors (Lipinski definition) is 1. The highest BCUT2D eigenvalue weighted by molar-refractivity contribution is 6.18. The van der Waals surface area contributed by atoms with Gasteiger partial charge >= 0.3 is 6.03 Å². The molecule has 5 nitrogen and oxygen atoms in total. The number of amides is 2. The van der Waals surface area contributed by atoms with Gasteiger partial charge in [0.2, 0.25) is 0 Å². The van der Waals surface area contributed by atoms with Gasteiger partial charge in [-0.05, 0) is 33.6 Å². The van der Waals surface area contributed by atoms with Gasteiger partial charge in [0.15, 0.2) is 0 Å². The minimum Gasteiger partial charge on any atom is -0.385 e. The molecule has 0 aliphatic rings. The number of alkyl halides is 2. The van der Waals surface area contributed by atoms with Crippen molar-refractivity contribution in [3.63, 3.8) is 0 Å². The number of carbonyl (C=O) groups is 1. The molecule has 0 heterocycles. The van der Waals surface area contributed by atoms with Gasteiger partial charge in [-0.1, -0.05) is 23.3 Å². The van der Waals surface area contributed by atoms with Crippen LogP contribution in [0.1, 0.15) is 40.0 Å². The van der Waals surface area contributed by atoms with Crippen molar-refractivity contribution in [3.8, 4) is 0 Å². The Kier molecular flexibility index (Phi) is 16.0. The maximum absolute atomic E-state index is 12.4. The summed E-state index contributed by atoms with van der Waals surface area (Å²) in [5.41, 5.74) is 2.59. The predicted molar refractivity (Wildman–Crippen MR) is 110 cm³/mol. The van der Waals surface area contributed by atoms with Crippen molar-refractivity contribution in [1.82, 2.24) is 10.2 Å². The van der Waals surface area contributed by atoms with Crippen molar-refractivity contribution in [2.75, 3.05) is 45.2 Å². The normalized spacial score (nSPS) is 12.6. The van der Waals surface area contributed by atoms with Crippen LogP contribution >= 0.6 is 23.2 Å². The van der Waals surface area contributed by atoms with Crippen molar-refractivity contribution >= 4 is 29.2 Å². The van der Waals surface area contributed by atoms with Gasteiger partial charge in [0.05, 0.1) is 13.2 Å². The fraction of sp³-hybridized carbons (Fsp3) is 0.737. The fourth-order valence-electron chi connectivity index (χ4n) is 2.26. The highest BCUT2D eigenvalue weighted by Gasteiger charge is 2.23. The smallest absolute Gasteiger partial charge is 0.319 e. The molecule has 7 heteroatoms. The number of methoxy groups -OCH3 is 1. The third-order valence-electron chi connectivity index (χ3n) is 3.69. The molecule has 1 unspecified atom stereocenters. The number of nitrogens with zero attached hydrogens (tertiary/aromatic N) is 1. The lowest BCUT2D eigenvalue weighted by atomic mass is 10.1. The van der Waals surface area contributed by atoms with Gasteiger partial charge in [-0.15, -0.1) is 23.2 Å². The Bertz CT molecular complexity index is 439. The lowest BCUT2D eigenvalue weighted by Crippen LogP contribution is -2.49. The van der Waals surface area contributed by atoms with E-state index in [2.05, 4.69) is 38.2 Å². The predicted octanol–water partition coefficient (Wildman–Crippen LogP) is 4.55. The van der Waals surface area contributed by atoms with Gasteiger partial charge in [0, 0.05) is 38.4 Å². The van der Waals surface area contributed by atoms with E-state index in [4.69, 9.17) is 32.7 Å². The van der Waals surface area contributed by atoms with Crippen molar-refractivity contribution in [1.29, 1.82) is 0 Å². The number of nitrogens with one attached hydrogen (secondary N) is 1. The Hall–Kier alpha value is -0.750. The molecule has 1 N–H and O–H groups in total. The highest BCUT2D eigenvalue weighted by atomic mass is 35.5. The molecule has 152 valence electrons. The maximum atomic E-state index is 12.4. The zero-order valence-electron chi connectivity index (χ0n) is 16.5. The summed E-state index contributed by atoms with van der Waals surface area (Å²) in [6, 6.07) is -0.225. The summed E-state index contributed by atoms with van der Waals surface area (Å²) in [6.45, 7) is 8.03. The van der Waals surface area contributed by atoms with E-state index < -0.39 is 6.23 Å². The van der Waals surface area contributed by atoms with E-state index in [9.17, 15) is 4.79 Å². The zero-order chi connectivity index (χ0) is 19.8. The Labute approximate surface area is 168 Å². The summed E-state index contributed by atoms with van der Waals surface area (Å²) in [4.78, 5) is 14.0. The monoisotopic (exact) mass is 408 g/mol. The van der Waals surface area contributed by atoms with Gasteiger partial charge in [-0.3, -0.25) is 4.90 Å². The number of urea groups is 1. The molecule has 0 saturated heterocycles. The molecule has 0 rings (SSSR count). The van der Waals surface area contributed by atoms with Crippen LogP contribution in [0, 0.1) is 0 Å². The summed E-state index contributed by atoms with van der Waals surface area (Å²) in [6.07, 6.45) is 6.49. The average molecular weight is 409 g/mol. The summed E-state index contributed by atoms with van der Waals surface area (Å²) in [5, 5.41) is 2.77. The van der Waals surface area contributed by atoms with Crippen molar-refractivity contribution < 1.29 is 14.3 Å². The first-order valence-electron chi connectivity index (χ1n) is 9.02. The molecule has 0 saturated carbocycles. The van der Waals surface area contributed by atoms with E-state index in [1.165, 1.54) is 11.1 Å². The first kappa shape index (κ1) is 25.2. The summed E-state index contributed by atoms with van der Waals surface area (Å²) in [7, 11) is 1.63. The quantitative estimate of drug-likeness (QED) is 0.260. The average Bonchev–Trinajstić information content (AvgIpc) is 2.60. The molecule has 2 amide bonds. The Morgan fingerprint density at radius 3 is 2.50 bits per heavy atom. The summed E-state index contributed by atoms with van der Waals surface area (Å²) < 4.78 is 11.1. The van der Waals surface area contributed by atoms with Gasteiger partial charge in [0.25, 0.3) is 0 Å². The molecule has 0 aromatic rings. The van der Waals surface area contributed by atoms with Crippen molar-refractivity contribution in [2.24, 2.45) is 0 Å². The largest absolute Gasteiger partial charge is 0.385 e. The Morgan fingerprint density at radius 2 is 1.92 bits per heavy atom. The number of halogens is 2. The van der Waals surface area contributed by atoms with E-state index in [1.807, 2.05) is 0 Å². The van der Waals surface area contributed by atoms with Crippen LogP contribution in [0.15, 0.2) is 23.3 Å². The van der Waals surface area contributed by atoms with Crippen molar-refractivity contribution in [3.05, 3.63) is 23.3 Å². The molecule has 0 bridgehead atoms. The van der Waals surface area contributed by atoms with Crippen LogP contribution in [0.2, 0.25) is 0 Å². The molecule has 0 fully saturated rings. The van der Waals surface area contributed by atoms with Crippen LogP contribution in [0.4, 0.5) is 4.79 Å². The second kappa shape index (κ2) is 16.4. The van der Waals surface area contributed by atoms with Gasteiger partial charge in [-0.2, -0.15) is 0 Å². The number of hydrogen-bond acceptors (Lipinski definition) is 3. The van der Waals surface area contributed by atoms with Crippen LogP contribution in [0.5, 0.6) is 0 Å². The molecule has 0 radical (unpaired) electrons. The molecular formula is C19H34Cl2N2O3. The van der Waals surface area contributed by atoms with E-state index in [0.29, 0.717) is 44.5 Å². The van der Waals surface area contributed by atoms with Crippen LogP contribution in [-0.4, -0.2) is 62.3 Å². The third kappa shape index (κ3) is 12.6. The lowest BCUT2D eigenvalue weighted by molar-refractivity contribution is -0.0394. The summed E-state index contributed by atoms with van der Waals surface area (Å²) >= 11 is 11.5. The molecule has 0 aromatic heterocycles.